The number of nitrogens with one attached hydrogen (secondary N) is 1. The molecule has 0 amide bonds. The van der Waals surface area contributed by atoms with Gasteiger partial charge in [0.25, 0.3) is 0 Å². The van der Waals surface area contributed by atoms with E-state index in [-0.39, 0.29) is 18.1 Å². The topological polar surface area (TPSA) is 38.3 Å². The van der Waals surface area contributed by atoms with Crippen molar-refractivity contribution in [2.75, 3.05) is 7.05 Å². The van der Waals surface area contributed by atoms with Gasteiger partial charge in [-0.3, -0.25) is 0 Å². The molecule has 0 bridgehead atoms. The van der Waals surface area contributed by atoms with Crippen LogP contribution in [0.3, 0.4) is 0 Å². The molecule has 2 rings (SSSR count). The number of rotatable bonds is 5. The highest BCUT2D eigenvalue weighted by Gasteiger charge is 2.23. The van der Waals surface area contributed by atoms with Crippen LogP contribution in [0.4, 0.5) is 0 Å². The molecule has 0 aliphatic carbocycles. The average Bonchev–Trinajstić information content (AvgIpc) is 2.99. The highest BCUT2D eigenvalue weighted by Crippen LogP contribution is 2.23. The van der Waals surface area contributed by atoms with Gasteiger partial charge in [-0.05, 0) is 31.0 Å². The first-order valence-corrected chi connectivity index (χ1v) is 7.07. The van der Waals surface area contributed by atoms with Gasteiger partial charge < -0.3 is 10.1 Å². The Morgan fingerprint density at radius 1 is 1.21 bits per heavy atom. The zero-order valence-corrected chi connectivity index (χ0v) is 11.8. The molecule has 0 aliphatic rings. The second-order valence-corrected chi connectivity index (χ2v) is 5.24. The van der Waals surface area contributed by atoms with Gasteiger partial charge in [0.2, 0.25) is 0 Å². The zero-order valence-electron chi connectivity index (χ0n) is 11.0. The molecule has 0 saturated heterocycles. The third kappa shape index (κ3) is 3.43. The van der Waals surface area contributed by atoms with E-state index < -0.39 is 0 Å². The molecule has 0 radical (unpaired) electrons. The molecule has 2 aromatic rings. The Labute approximate surface area is 117 Å². The Kier molecular flexibility index (Phi) is 4.71. The van der Waals surface area contributed by atoms with Crippen LogP contribution < -0.4 is 5.32 Å². The molecule has 1 aromatic carbocycles. The van der Waals surface area contributed by atoms with Gasteiger partial charge in [-0.25, -0.2) is 4.79 Å². The number of hydrogen-bond acceptors (Lipinski definition) is 4. The summed E-state index contributed by atoms with van der Waals surface area (Å²) in [5, 5.41) is 5.01. The average molecular weight is 275 g/mol. The van der Waals surface area contributed by atoms with Crippen molar-refractivity contribution in [1.82, 2.24) is 5.32 Å². The Balaban J connectivity index is 2.17. The minimum atomic E-state index is -0.291. The summed E-state index contributed by atoms with van der Waals surface area (Å²) in [5.74, 6) is -0.272. The lowest BCUT2D eigenvalue weighted by Gasteiger charge is -2.24. The number of likely N-dealkylation sites (N-methyl/N-ethyl adjacent to an activating group) is 1. The lowest BCUT2D eigenvalue weighted by molar-refractivity contribution is 0.0225. The van der Waals surface area contributed by atoms with Crippen LogP contribution in [-0.4, -0.2) is 19.1 Å². The van der Waals surface area contributed by atoms with E-state index in [2.05, 4.69) is 5.32 Å². The van der Waals surface area contributed by atoms with Crippen LogP contribution in [-0.2, 0) is 4.74 Å². The van der Waals surface area contributed by atoms with Crippen LogP contribution in [0.5, 0.6) is 0 Å². The molecule has 100 valence electrons. The highest BCUT2D eigenvalue weighted by atomic mass is 32.1. The number of benzene rings is 1. The lowest BCUT2D eigenvalue weighted by Crippen LogP contribution is -2.32. The minimum absolute atomic E-state index is 0.0475. The van der Waals surface area contributed by atoms with E-state index in [0.29, 0.717) is 4.88 Å². The Morgan fingerprint density at radius 3 is 2.53 bits per heavy atom. The highest BCUT2D eigenvalue weighted by molar-refractivity contribution is 7.11. The van der Waals surface area contributed by atoms with Gasteiger partial charge in [-0.2, -0.15) is 0 Å². The number of hydrogen-bond donors (Lipinski definition) is 1. The summed E-state index contributed by atoms with van der Waals surface area (Å²) in [6.45, 7) is 2.00. The molecule has 0 fully saturated rings. The summed E-state index contributed by atoms with van der Waals surface area (Å²) in [6, 6.07) is 13.5. The first-order chi connectivity index (χ1) is 9.22. The first-order valence-electron chi connectivity index (χ1n) is 6.19. The largest absolute Gasteiger partial charge is 0.452 e. The van der Waals surface area contributed by atoms with Crippen molar-refractivity contribution in [3.05, 3.63) is 58.3 Å². The number of ether oxygens (including phenoxy) is 1. The van der Waals surface area contributed by atoms with E-state index in [1.165, 1.54) is 11.3 Å². The molecular formula is C15H17NO2S. The van der Waals surface area contributed by atoms with E-state index in [4.69, 9.17) is 4.74 Å². The van der Waals surface area contributed by atoms with Crippen LogP contribution in [0.1, 0.15) is 28.3 Å². The Hall–Kier alpha value is -1.65. The summed E-state index contributed by atoms with van der Waals surface area (Å²) in [6.07, 6.45) is -0.291. The van der Waals surface area contributed by atoms with Crippen molar-refractivity contribution in [2.24, 2.45) is 0 Å². The first kappa shape index (κ1) is 13.8. The Morgan fingerprint density at radius 2 is 1.95 bits per heavy atom. The quantitative estimate of drug-likeness (QED) is 0.851. The van der Waals surface area contributed by atoms with Crippen molar-refractivity contribution in [2.45, 2.75) is 19.1 Å². The fraction of sp³-hybridized carbons (Fsp3) is 0.267. The normalized spacial score (nSPS) is 13.8. The Bertz CT molecular complexity index is 510. The summed E-state index contributed by atoms with van der Waals surface area (Å²) in [5.41, 5.74) is 0.995. The molecule has 2 atom stereocenters. The van der Waals surface area contributed by atoms with Crippen LogP contribution >= 0.6 is 11.3 Å². The van der Waals surface area contributed by atoms with Gasteiger partial charge in [0.1, 0.15) is 11.0 Å². The smallest absolute Gasteiger partial charge is 0.348 e. The molecule has 2 unspecified atom stereocenters. The maximum Gasteiger partial charge on any atom is 0.348 e. The fourth-order valence-corrected chi connectivity index (χ4v) is 2.43. The molecule has 0 aliphatic heterocycles. The van der Waals surface area contributed by atoms with Crippen LogP contribution in [0.25, 0.3) is 0 Å². The third-order valence-corrected chi connectivity index (χ3v) is 3.84. The molecule has 4 heteroatoms. The molecule has 1 heterocycles. The summed E-state index contributed by atoms with van der Waals surface area (Å²) < 4.78 is 5.64. The maximum atomic E-state index is 12.1. The molecule has 3 nitrogen and oxygen atoms in total. The van der Waals surface area contributed by atoms with Gasteiger partial charge in [0, 0.05) is 6.04 Å². The van der Waals surface area contributed by atoms with Crippen molar-refractivity contribution in [3.8, 4) is 0 Å². The van der Waals surface area contributed by atoms with Crippen LogP contribution in [0.2, 0.25) is 0 Å². The van der Waals surface area contributed by atoms with E-state index in [1.54, 1.807) is 6.07 Å². The van der Waals surface area contributed by atoms with Crippen molar-refractivity contribution in [3.63, 3.8) is 0 Å². The lowest BCUT2D eigenvalue weighted by atomic mass is 10.0. The predicted molar refractivity (Wildman–Crippen MR) is 77.4 cm³/mol. The molecular weight excluding hydrogens is 258 g/mol. The van der Waals surface area contributed by atoms with E-state index in [9.17, 15) is 4.79 Å². The molecule has 1 N–H and O–H groups in total. The molecule has 1 aromatic heterocycles. The molecule has 0 spiro atoms. The second-order valence-electron chi connectivity index (χ2n) is 4.29. The monoisotopic (exact) mass is 275 g/mol. The van der Waals surface area contributed by atoms with Crippen molar-refractivity contribution in [1.29, 1.82) is 0 Å². The van der Waals surface area contributed by atoms with Gasteiger partial charge in [0.15, 0.2) is 0 Å². The van der Waals surface area contributed by atoms with E-state index in [1.807, 2.05) is 55.7 Å². The summed E-state index contributed by atoms with van der Waals surface area (Å²) >= 11 is 1.39. The van der Waals surface area contributed by atoms with Crippen molar-refractivity contribution >= 4 is 17.3 Å². The van der Waals surface area contributed by atoms with Gasteiger partial charge >= 0.3 is 5.97 Å². The standard InChI is InChI=1S/C15H17NO2S/c1-11(16-2)14(12-7-4-3-5-8-12)18-15(17)13-9-6-10-19-13/h3-11,14,16H,1-2H3. The third-order valence-electron chi connectivity index (χ3n) is 2.99. The van der Waals surface area contributed by atoms with Crippen molar-refractivity contribution < 1.29 is 9.53 Å². The summed E-state index contributed by atoms with van der Waals surface area (Å²) in [7, 11) is 1.86. The number of esters is 1. The van der Waals surface area contributed by atoms with Gasteiger partial charge in [-0.15, -0.1) is 11.3 Å². The zero-order chi connectivity index (χ0) is 13.7. The summed E-state index contributed by atoms with van der Waals surface area (Å²) in [4.78, 5) is 12.7. The fourth-order valence-electron chi connectivity index (χ4n) is 1.82. The molecule has 19 heavy (non-hydrogen) atoms. The van der Waals surface area contributed by atoms with Crippen LogP contribution in [0.15, 0.2) is 47.8 Å². The van der Waals surface area contributed by atoms with Gasteiger partial charge in [-0.1, -0.05) is 36.4 Å². The van der Waals surface area contributed by atoms with E-state index >= 15 is 0 Å². The predicted octanol–water partition coefficient (Wildman–Crippen LogP) is 3.25. The SMILES string of the molecule is CNC(C)C(OC(=O)c1cccs1)c1ccccc1. The van der Waals surface area contributed by atoms with Crippen LogP contribution in [0, 0.1) is 0 Å². The van der Waals surface area contributed by atoms with E-state index in [0.717, 1.165) is 5.56 Å². The maximum absolute atomic E-state index is 12.1. The number of carbonyl (C=O) groups excluding carboxylic acids is 1. The molecule has 0 saturated carbocycles. The number of carbonyl (C=O) groups is 1. The minimum Gasteiger partial charge on any atom is -0.452 e. The second kappa shape index (κ2) is 6.50. The van der Waals surface area contributed by atoms with Gasteiger partial charge in [0.05, 0.1) is 0 Å². The number of thiophene rings is 1.